The number of hydrogen-bond acceptors (Lipinski definition) is 11. The van der Waals surface area contributed by atoms with Crippen molar-refractivity contribution in [2.24, 2.45) is 10.8 Å². The SMILES string of the molecule is COc1cc2nc(N3CCC(Cc4ccccc4)(C(=O)NCc4ccccc4)CC3)[nH]c(=O)c2cc1C.COc1cc2nc(N3CCC(Cc4ccccc4)(C(=O)O)CC3)[nH]c(=O)c2cc1OC(C)C. The van der Waals surface area contributed by atoms with Crippen LogP contribution in [0.25, 0.3) is 21.8 Å². The summed E-state index contributed by atoms with van der Waals surface area (Å²) in [6.45, 7) is 8.41. The molecule has 0 unspecified atom stereocenters. The van der Waals surface area contributed by atoms with Gasteiger partial charge in [0.15, 0.2) is 11.5 Å². The Bertz CT molecular complexity index is 3050. The van der Waals surface area contributed by atoms with Crippen molar-refractivity contribution in [3.63, 3.8) is 0 Å². The van der Waals surface area contributed by atoms with Gasteiger partial charge in [0, 0.05) is 44.9 Å². The number of methoxy groups -OCH3 is 2. The van der Waals surface area contributed by atoms with Crippen LogP contribution >= 0.6 is 0 Å². The zero-order valence-electron chi connectivity index (χ0n) is 40.4. The Morgan fingerprint density at radius 2 is 1.09 bits per heavy atom. The number of hydrogen-bond donors (Lipinski definition) is 4. The minimum Gasteiger partial charge on any atom is -0.496 e. The first kappa shape index (κ1) is 48.8. The number of carbonyl (C=O) groups excluding carboxylic acids is 1. The molecule has 0 aliphatic carbocycles. The molecule has 0 bridgehead atoms. The summed E-state index contributed by atoms with van der Waals surface area (Å²) >= 11 is 0. The van der Waals surface area contributed by atoms with E-state index in [0.717, 1.165) is 22.3 Å². The number of aromatic amines is 2. The van der Waals surface area contributed by atoms with Gasteiger partial charge in [0.2, 0.25) is 17.8 Å². The van der Waals surface area contributed by atoms with Crippen LogP contribution in [-0.2, 0) is 29.0 Å². The maximum Gasteiger partial charge on any atom is 0.310 e. The van der Waals surface area contributed by atoms with Crippen molar-refractivity contribution >= 4 is 45.6 Å². The van der Waals surface area contributed by atoms with Crippen molar-refractivity contribution in [2.75, 3.05) is 50.2 Å². The number of aryl methyl sites for hydroxylation is 1. The maximum atomic E-state index is 13.7. The van der Waals surface area contributed by atoms with Gasteiger partial charge in [-0.2, -0.15) is 0 Å². The number of aliphatic carboxylic acids is 1. The molecule has 15 heteroatoms. The molecule has 7 aromatic rings. The molecule has 9 rings (SSSR count). The lowest BCUT2D eigenvalue weighted by Gasteiger charge is -2.41. The molecular weight excluding hydrogens is 887 g/mol. The molecule has 0 radical (unpaired) electrons. The average Bonchev–Trinajstić information content (AvgIpc) is 3.37. The summed E-state index contributed by atoms with van der Waals surface area (Å²) in [4.78, 5) is 70.8. The van der Waals surface area contributed by atoms with Crippen LogP contribution in [0.15, 0.2) is 125 Å². The quantitative estimate of drug-likeness (QED) is 0.0823. The number of amides is 1. The largest absolute Gasteiger partial charge is 0.496 e. The third-order valence-electron chi connectivity index (χ3n) is 13.6. The van der Waals surface area contributed by atoms with Crippen molar-refractivity contribution in [2.45, 2.75) is 71.9 Å². The van der Waals surface area contributed by atoms with Crippen LogP contribution in [0.4, 0.5) is 11.9 Å². The van der Waals surface area contributed by atoms with E-state index in [2.05, 4.69) is 37.3 Å². The number of nitrogens with zero attached hydrogens (tertiary/aromatic N) is 4. The predicted molar refractivity (Wildman–Crippen MR) is 272 cm³/mol. The number of carbonyl (C=O) groups is 2. The van der Waals surface area contributed by atoms with E-state index >= 15 is 0 Å². The molecule has 2 fully saturated rings. The van der Waals surface area contributed by atoms with Gasteiger partial charge in [-0.15, -0.1) is 0 Å². The van der Waals surface area contributed by atoms with Crippen molar-refractivity contribution < 1.29 is 28.9 Å². The highest BCUT2D eigenvalue weighted by Crippen LogP contribution is 2.39. The van der Waals surface area contributed by atoms with Crippen LogP contribution in [-0.4, -0.2) is 83.4 Å². The second kappa shape index (κ2) is 21.3. The van der Waals surface area contributed by atoms with E-state index < -0.39 is 16.8 Å². The molecule has 4 N–H and O–H groups in total. The summed E-state index contributed by atoms with van der Waals surface area (Å²) in [5.74, 6) is 1.95. The lowest BCUT2D eigenvalue weighted by molar-refractivity contribution is -0.150. The van der Waals surface area contributed by atoms with Crippen molar-refractivity contribution in [3.8, 4) is 17.2 Å². The average molecular weight is 948 g/mol. The summed E-state index contributed by atoms with van der Waals surface area (Å²) in [5.41, 5.74) is 3.41. The number of rotatable bonds is 14. The molecule has 15 nitrogen and oxygen atoms in total. The first-order chi connectivity index (χ1) is 33.8. The van der Waals surface area contributed by atoms with E-state index in [1.54, 1.807) is 26.4 Å². The number of carboxylic acids is 1. The van der Waals surface area contributed by atoms with Crippen molar-refractivity contribution in [3.05, 3.63) is 158 Å². The third-order valence-corrected chi connectivity index (χ3v) is 13.6. The molecule has 364 valence electrons. The number of aromatic nitrogens is 4. The number of benzene rings is 5. The topological polar surface area (TPSA) is 192 Å². The van der Waals surface area contributed by atoms with Crippen LogP contribution in [0.5, 0.6) is 17.2 Å². The first-order valence-electron chi connectivity index (χ1n) is 23.8. The molecule has 2 aliphatic heterocycles. The Balaban J connectivity index is 0.000000190. The highest BCUT2D eigenvalue weighted by atomic mass is 16.5. The Morgan fingerprint density at radius 1 is 0.643 bits per heavy atom. The molecule has 4 heterocycles. The molecule has 2 aromatic heterocycles. The third kappa shape index (κ3) is 10.9. The van der Waals surface area contributed by atoms with Crippen LogP contribution in [0.3, 0.4) is 0 Å². The monoisotopic (exact) mass is 947 g/mol. The number of ether oxygens (including phenoxy) is 3. The smallest absolute Gasteiger partial charge is 0.310 e. The molecule has 5 aromatic carbocycles. The fourth-order valence-corrected chi connectivity index (χ4v) is 9.60. The van der Waals surface area contributed by atoms with Gasteiger partial charge in [-0.05, 0) is 93.7 Å². The van der Waals surface area contributed by atoms with E-state index in [4.69, 9.17) is 19.2 Å². The summed E-state index contributed by atoms with van der Waals surface area (Å²) < 4.78 is 16.6. The fraction of sp³-hybridized carbons (Fsp3) is 0.345. The van der Waals surface area contributed by atoms with Gasteiger partial charge in [0.05, 0.1) is 53.0 Å². The van der Waals surface area contributed by atoms with Crippen LogP contribution in [0.1, 0.15) is 61.8 Å². The van der Waals surface area contributed by atoms with Crippen molar-refractivity contribution in [1.29, 1.82) is 0 Å². The Kier molecular flexibility index (Phi) is 14.8. The zero-order valence-corrected chi connectivity index (χ0v) is 40.4. The summed E-state index contributed by atoms with van der Waals surface area (Å²) in [5, 5.41) is 14.2. The van der Waals surface area contributed by atoms with Gasteiger partial charge in [-0.25, -0.2) is 9.97 Å². The zero-order chi connectivity index (χ0) is 49.4. The summed E-state index contributed by atoms with van der Waals surface area (Å²) in [7, 11) is 3.16. The Morgan fingerprint density at radius 3 is 1.56 bits per heavy atom. The number of carboxylic acid groups (broad SMARTS) is 1. The van der Waals surface area contributed by atoms with Gasteiger partial charge >= 0.3 is 5.97 Å². The van der Waals surface area contributed by atoms with Gasteiger partial charge < -0.3 is 34.4 Å². The Hall–Kier alpha value is -7.68. The number of fused-ring (bicyclic) bond motifs is 2. The fourth-order valence-electron chi connectivity index (χ4n) is 9.60. The molecule has 0 saturated carbocycles. The number of H-pyrrole nitrogens is 2. The van der Waals surface area contributed by atoms with Gasteiger partial charge in [0.25, 0.3) is 11.1 Å². The van der Waals surface area contributed by atoms with Crippen LogP contribution in [0.2, 0.25) is 0 Å². The van der Waals surface area contributed by atoms with Crippen LogP contribution < -0.4 is 40.4 Å². The van der Waals surface area contributed by atoms with E-state index in [-0.39, 0.29) is 23.1 Å². The Labute approximate surface area is 406 Å². The summed E-state index contributed by atoms with van der Waals surface area (Å²) in [6.07, 6.45) is 3.31. The second-order valence-corrected chi connectivity index (χ2v) is 18.6. The second-order valence-electron chi connectivity index (χ2n) is 18.6. The number of piperidine rings is 2. The van der Waals surface area contributed by atoms with Gasteiger partial charge in [-0.1, -0.05) is 91.0 Å². The predicted octanol–water partition coefficient (Wildman–Crippen LogP) is 8.02. The first-order valence-corrected chi connectivity index (χ1v) is 23.8. The lowest BCUT2D eigenvalue weighted by Crippen LogP contribution is -2.50. The molecule has 2 aliphatic rings. The normalized spacial score (nSPS) is 15.2. The van der Waals surface area contributed by atoms with Crippen LogP contribution in [0, 0.1) is 17.8 Å². The molecule has 70 heavy (non-hydrogen) atoms. The van der Waals surface area contributed by atoms with E-state index in [1.807, 2.05) is 117 Å². The molecule has 1 amide bonds. The van der Waals surface area contributed by atoms with Gasteiger partial charge in [0.1, 0.15) is 5.75 Å². The summed E-state index contributed by atoms with van der Waals surface area (Å²) in [6, 6.07) is 36.8. The molecule has 0 atom stereocenters. The van der Waals surface area contributed by atoms with Crippen molar-refractivity contribution in [1.82, 2.24) is 25.3 Å². The highest BCUT2D eigenvalue weighted by Gasteiger charge is 2.43. The molecule has 2 saturated heterocycles. The number of nitrogens with one attached hydrogen (secondary N) is 3. The highest BCUT2D eigenvalue weighted by molar-refractivity contribution is 5.85. The lowest BCUT2D eigenvalue weighted by atomic mass is 9.73. The standard InChI is InChI=1S/C30H32N4O3.C25H29N3O5/c1-21-17-24-25(18-26(21)37-2)32-29(33-27(24)35)34-15-13-30(14-16-34,19-22-9-5-3-6-10-22)28(36)31-20-23-11-7-4-8-12-23;1-16(2)33-21-13-18-19(14-20(21)32-3)26-24(27-22(18)29)28-11-9-25(10-12-28,23(30)31)15-17-7-5-4-6-8-17/h3-12,17-18H,13-16,19-20H2,1-2H3,(H,31,36)(H,32,33,35);4-8,13-14,16H,9-12,15H2,1-3H3,(H,30,31)(H,26,27,29). The number of anilines is 2. The van der Waals surface area contributed by atoms with Gasteiger partial charge in [-0.3, -0.25) is 29.1 Å². The maximum absolute atomic E-state index is 13.7. The minimum atomic E-state index is -0.832. The molecule has 0 spiro atoms. The van der Waals surface area contributed by atoms with E-state index in [0.29, 0.717) is 122 Å². The molecular formula is C55H61N7O8. The minimum absolute atomic E-state index is 0.0681. The van der Waals surface area contributed by atoms with E-state index in [9.17, 15) is 24.3 Å². The van der Waals surface area contributed by atoms with E-state index in [1.165, 1.54) is 0 Å².